The Hall–Kier alpha value is -1.30. The van der Waals surface area contributed by atoms with E-state index in [0.29, 0.717) is 23.2 Å². The summed E-state index contributed by atoms with van der Waals surface area (Å²) in [6, 6.07) is 6.39. The number of hydrogen-bond donors (Lipinski definition) is 3. The first-order chi connectivity index (χ1) is 9.47. The van der Waals surface area contributed by atoms with E-state index in [0.717, 1.165) is 0 Å². The molecule has 0 aliphatic rings. The maximum atomic E-state index is 11.6. The maximum absolute atomic E-state index is 11.6. The number of amides is 2. The second-order valence-corrected chi connectivity index (χ2v) is 5.36. The molecule has 6 heteroatoms. The summed E-state index contributed by atoms with van der Waals surface area (Å²) in [4.78, 5) is 11.6. The number of anilines is 1. The average molecular weight is 301 g/mol. The zero-order valence-electron chi connectivity index (χ0n) is 11.7. The lowest BCUT2D eigenvalue weighted by Crippen LogP contribution is -2.37. The van der Waals surface area contributed by atoms with Gasteiger partial charge in [0.15, 0.2) is 0 Å². The van der Waals surface area contributed by atoms with Crippen molar-refractivity contribution in [3.05, 3.63) is 29.3 Å². The van der Waals surface area contributed by atoms with E-state index < -0.39 is 6.10 Å². The molecule has 112 valence electrons. The smallest absolute Gasteiger partial charge is 0.319 e. The molecule has 0 spiro atoms. The number of rotatable bonds is 7. The second-order valence-electron chi connectivity index (χ2n) is 4.93. The molecule has 1 rings (SSSR count). The summed E-state index contributed by atoms with van der Waals surface area (Å²) in [6.45, 7) is 5.00. The fraction of sp³-hybridized carbons (Fsp3) is 0.500. The van der Waals surface area contributed by atoms with E-state index in [4.69, 9.17) is 16.3 Å². The van der Waals surface area contributed by atoms with Gasteiger partial charge in [0, 0.05) is 23.9 Å². The van der Waals surface area contributed by atoms with Crippen LogP contribution >= 0.6 is 11.6 Å². The standard InChI is InChI=1S/C14H21ClN2O3/c1-10(2)8-20-9-13(18)7-16-14(19)17-12-5-3-11(15)4-6-12/h3-6,10,13,18H,7-9H2,1-2H3,(H2,16,17,19). The van der Waals surface area contributed by atoms with Crippen LogP contribution in [0.1, 0.15) is 13.8 Å². The van der Waals surface area contributed by atoms with E-state index in [1.54, 1.807) is 24.3 Å². The summed E-state index contributed by atoms with van der Waals surface area (Å²) in [5.41, 5.74) is 0.637. The number of hydrogen-bond acceptors (Lipinski definition) is 3. The largest absolute Gasteiger partial charge is 0.389 e. The molecule has 0 aliphatic heterocycles. The zero-order valence-corrected chi connectivity index (χ0v) is 12.5. The first-order valence-electron chi connectivity index (χ1n) is 6.53. The maximum Gasteiger partial charge on any atom is 0.319 e. The highest BCUT2D eigenvalue weighted by molar-refractivity contribution is 6.30. The van der Waals surface area contributed by atoms with Crippen molar-refractivity contribution < 1.29 is 14.6 Å². The molecule has 1 aromatic carbocycles. The minimum atomic E-state index is -0.718. The Labute approximate surface area is 124 Å². The first kappa shape index (κ1) is 16.8. The van der Waals surface area contributed by atoms with Crippen molar-refractivity contribution in [2.45, 2.75) is 20.0 Å². The molecule has 0 heterocycles. The van der Waals surface area contributed by atoms with Gasteiger partial charge >= 0.3 is 6.03 Å². The van der Waals surface area contributed by atoms with Crippen LogP contribution in [0.15, 0.2) is 24.3 Å². The topological polar surface area (TPSA) is 70.6 Å². The average Bonchev–Trinajstić information content (AvgIpc) is 2.39. The third-order valence-electron chi connectivity index (χ3n) is 2.36. The van der Waals surface area contributed by atoms with Crippen LogP contribution < -0.4 is 10.6 Å². The molecule has 2 amide bonds. The molecular weight excluding hydrogens is 280 g/mol. The van der Waals surface area contributed by atoms with Gasteiger partial charge in [-0.2, -0.15) is 0 Å². The number of halogens is 1. The number of carbonyl (C=O) groups excluding carboxylic acids is 1. The molecule has 0 aliphatic carbocycles. The molecule has 5 nitrogen and oxygen atoms in total. The summed E-state index contributed by atoms with van der Waals surface area (Å²) in [6.07, 6.45) is -0.718. The van der Waals surface area contributed by atoms with Crippen LogP contribution in [0.3, 0.4) is 0 Å². The van der Waals surface area contributed by atoms with Gasteiger partial charge in [-0.05, 0) is 30.2 Å². The second kappa shape index (κ2) is 8.79. The predicted octanol–water partition coefficient (Wildman–Crippen LogP) is 2.50. The normalized spacial score (nSPS) is 12.2. The van der Waals surface area contributed by atoms with Crippen LogP contribution in [0.25, 0.3) is 0 Å². The molecule has 1 atom stereocenters. The van der Waals surface area contributed by atoms with Crippen molar-refractivity contribution in [3.63, 3.8) is 0 Å². The molecule has 0 radical (unpaired) electrons. The van der Waals surface area contributed by atoms with Crippen molar-refractivity contribution in [2.75, 3.05) is 25.1 Å². The van der Waals surface area contributed by atoms with Gasteiger partial charge in [0.2, 0.25) is 0 Å². The lowest BCUT2D eigenvalue weighted by atomic mass is 10.2. The first-order valence-corrected chi connectivity index (χ1v) is 6.91. The van der Waals surface area contributed by atoms with Gasteiger partial charge in [0.25, 0.3) is 0 Å². The lowest BCUT2D eigenvalue weighted by Gasteiger charge is -2.14. The Balaban J connectivity index is 2.20. The third kappa shape index (κ3) is 7.33. The van der Waals surface area contributed by atoms with Crippen LogP contribution in [-0.2, 0) is 4.74 Å². The van der Waals surface area contributed by atoms with Gasteiger partial charge in [0.05, 0.1) is 12.7 Å². The van der Waals surface area contributed by atoms with Crippen molar-refractivity contribution in [1.29, 1.82) is 0 Å². The monoisotopic (exact) mass is 300 g/mol. The molecule has 20 heavy (non-hydrogen) atoms. The van der Waals surface area contributed by atoms with Crippen LogP contribution in [-0.4, -0.2) is 37.0 Å². The Morgan fingerprint density at radius 2 is 1.95 bits per heavy atom. The van der Waals surface area contributed by atoms with Gasteiger partial charge in [-0.25, -0.2) is 4.79 Å². The Bertz CT molecular complexity index is 409. The zero-order chi connectivity index (χ0) is 15.0. The minimum Gasteiger partial charge on any atom is -0.389 e. The predicted molar refractivity (Wildman–Crippen MR) is 80.1 cm³/mol. The van der Waals surface area contributed by atoms with Crippen LogP contribution in [0, 0.1) is 5.92 Å². The molecular formula is C14H21ClN2O3. The van der Waals surface area contributed by atoms with Gasteiger partial charge in [-0.1, -0.05) is 25.4 Å². The van der Waals surface area contributed by atoms with E-state index in [-0.39, 0.29) is 19.2 Å². The molecule has 0 saturated carbocycles. The molecule has 3 N–H and O–H groups in total. The Morgan fingerprint density at radius 1 is 1.30 bits per heavy atom. The molecule has 0 bridgehead atoms. The summed E-state index contributed by atoms with van der Waals surface area (Å²) in [5.74, 6) is 0.420. The number of benzene rings is 1. The highest BCUT2D eigenvalue weighted by Gasteiger charge is 2.08. The Morgan fingerprint density at radius 3 is 2.55 bits per heavy atom. The Kier molecular flexibility index (Phi) is 7.36. The summed E-state index contributed by atoms with van der Waals surface area (Å²) in [5, 5.41) is 15.4. The van der Waals surface area contributed by atoms with E-state index in [2.05, 4.69) is 10.6 Å². The van der Waals surface area contributed by atoms with Crippen LogP contribution in [0.4, 0.5) is 10.5 Å². The molecule has 0 fully saturated rings. The van der Waals surface area contributed by atoms with E-state index in [9.17, 15) is 9.90 Å². The SMILES string of the molecule is CC(C)COCC(O)CNC(=O)Nc1ccc(Cl)cc1. The summed E-state index contributed by atoms with van der Waals surface area (Å²) in [7, 11) is 0. The summed E-state index contributed by atoms with van der Waals surface area (Å²) < 4.78 is 5.28. The number of carbonyl (C=O) groups is 1. The minimum absolute atomic E-state index is 0.136. The molecule has 0 aromatic heterocycles. The van der Waals surface area contributed by atoms with Crippen LogP contribution in [0.5, 0.6) is 0 Å². The lowest BCUT2D eigenvalue weighted by molar-refractivity contribution is 0.0274. The number of aliphatic hydroxyl groups excluding tert-OH is 1. The van der Waals surface area contributed by atoms with Crippen molar-refractivity contribution >= 4 is 23.3 Å². The van der Waals surface area contributed by atoms with Gasteiger partial charge in [0.1, 0.15) is 0 Å². The highest BCUT2D eigenvalue weighted by Crippen LogP contribution is 2.12. The van der Waals surface area contributed by atoms with E-state index >= 15 is 0 Å². The van der Waals surface area contributed by atoms with Crippen molar-refractivity contribution in [1.82, 2.24) is 5.32 Å². The number of urea groups is 1. The number of aliphatic hydroxyl groups is 1. The van der Waals surface area contributed by atoms with E-state index in [1.807, 2.05) is 13.8 Å². The van der Waals surface area contributed by atoms with Gasteiger partial charge < -0.3 is 20.5 Å². The van der Waals surface area contributed by atoms with Gasteiger partial charge in [-0.3, -0.25) is 0 Å². The van der Waals surface area contributed by atoms with Crippen LogP contribution in [0.2, 0.25) is 5.02 Å². The number of nitrogens with one attached hydrogen (secondary N) is 2. The van der Waals surface area contributed by atoms with Crippen molar-refractivity contribution in [2.24, 2.45) is 5.92 Å². The van der Waals surface area contributed by atoms with Gasteiger partial charge in [-0.15, -0.1) is 0 Å². The quantitative estimate of drug-likeness (QED) is 0.724. The fourth-order valence-electron chi connectivity index (χ4n) is 1.42. The summed E-state index contributed by atoms with van der Waals surface area (Å²) >= 11 is 5.75. The fourth-order valence-corrected chi connectivity index (χ4v) is 1.54. The third-order valence-corrected chi connectivity index (χ3v) is 2.61. The highest BCUT2D eigenvalue weighted by atomic mass is 35.5. The molecule has 1 aromatic rings. The number of ether oxygens (including phenoxy) is 1. The molecule has 1 unspecified atom stereocenters. The molecule has 0 saturated heterocycles. The van der Waals surface area contributed by atoms with E-state index in [1.165, 1.54) is 0 Å². The van der Waals surface area contributed by atoms with Crippen molar-refractivity contribution in [3.8, 4) is 0 Å².